The Kier molecular flexibility index (Phi) is 5.53. The summed E-state index contributed by atoms with van der Waals surface area (Å²) in [5.74, 6) is -0.819. The van der Waals surface area contributed by atoms with Crippen LogP contribution in [-0.2, 0) is 24.6 Å². The van der Waals surface area contributed by atoms with Gasteiger partial charge in [0.05, 0.1) is 6.61 Å². The lowest BCUT2D eigenvalue weighted by Crippen LogP contribution is -2.35. The van der Waals surface area contributed by atoms with E-state index in [0.717, 1.165) is 22.3 Å². The minimum atomic E-state index is -0.854. The van der Waals surface area contributed by atoms with E-state index in [1.165, 1.54) is 0 Å². The molecule has 0 N–H and O–H groups in total. The van der Waals surface area contributed by atoms with E-state index in [-0.39, 0.29) is 12.4 Å². The van der Waals surface area contributed by atoms with Crippen molar-refractivity contribution in [2.45, 2.75) is 44.4 Å². The highest BCUT2D eigenvalue weighted by Crippen LogP contribution is 2.44. The van der Waals surface area contributed by atoms with Crippen molar-refractivity contribution < 1.29 is 19.0 Å². The number of ketones is 1. The van der Waals surface area contributed by atoms with E-state index in [0.29, 0.717) is 5.57 Å². The molecule has 4 heteroatoms. The molecule has 1 fully saturated rings. The van der Waals surface area contributed by atoms with Crippen molar-refractivity contribution in [2.24, 2.45) is 0 Å². The molecular weight excluding hydrogens is 412 g/mol. The first-order valence-corrected chi connectivity index (χ1v) is 11.3. The third-order valence-corrected chi connectivity index (χ3v) is 6.53. The predicted octanol–water partition coefficient (Wildman–Crippen LogP) is 5.41. The van der Waals surface area contributed by atoms with E-state index < -0.39 is 23.6 Å². The molecule has 2 aliphatic rings. The molecule has 1 aliphatic heterocycles. The molecular formula is C29H28O4. The van der Waals surface area contributed by atoms with Crippen LogP contribution in [0.2, 0.25) is 0 Å². The summed E-state index contributed by atoms with van der Waals surface area (Å²) in [4.78, 5) is 12.9. The second-order valence-electron chi connectivity index (χ2n) is 9.06. The molecule has 0 bridgehead atoms. The van der Waals surface area contributed by atoms with Crippen LogP contribution in [0.4, 0.5) is 0 Å². The normalized spacial score (nSPS) is 22.0. The smallest absolute Gasteiger partial charge is 0.190 e. The lowest BCUT2D eigenvalue weighted by molar-refractivity contribution is -0.154. The summed E-state index contributed by atoms with van der Waals surface area (Å²) in [6.07, 6.45) is -1.02. The second kappa shape index (κ2) is 8.38. The molecule has 0 radical (unpaired) electrons. The van der Waals surface area contributed by atoms with Crippen LogP contribution in [0.1, 0.15) is 37.5 Å². The van der Waals surface area contributed by atoms with Gasteiger partial charge < -0.3 is 14.2 Å². The maximum Gasteiger partial charge on any atom is 0.190 e. The quantitative estimate of drug-likeness (QED) is 0.481. The summed E-state index contributed by atoms with van der Waals surface area (Å²) in [7, 11) is 0. The van der Waals surface area contributed by atoms with Crippen LogP contribution in [-0.4, -0.2) is 30.4 Å². The molecule has 0 aromatic heterocycles. The standard InChI is InChI=1S/C29H28O4/c1-20-24(26-27(25(20)30)33-28(2,3)32-26)19-31-29(21-13-7-4-8-14-21,22-15-9-5-10-16-22)23-17-11-6-12-18-23/h4-18,26-27H,19H2,1-3H3. The SMILES string of the molecule is CC1=C(COC(c2ccccc2)(c2ccccc2)c2ccccc2)C2OC(C)(C)OC2C1=O. The lowest BCUT2D eigenvalue weighted by atomic mass is 9.80. The van der Waals surface area contributed by atoms with Gasteiger partial charge in [0.1, 0.15) is 11.7 Å². The molecule has 4 nitrogen and oxygen atoms in total. The van der Waals surface area contributed by atoms with Gasteiger partial charge in [-0.3, -0.25) is 4.79 Å². The number of rotatable bonds is 6. The van der Waals surface area contributed by atoms with Crippen LogP contribution in [0, 0.1) is 0 Å². The Morgan fingerprint density at radius 2 is 1.18 bits per heavy atom. The van der Waals surface area contributed by atoms with E-state index in [1.807, 2.05) is 75.4 Å². The van der Waals surface area contributed by atoms with Crippen LogP contribution < -0.4 is 0 Å². The van der Waals surface area contributed by atoms with E-state index >= 15 is 0 Å². The molecule has 1 saturated heterocycles. The van der Waals surface area contributed by atoms with Crippen molar-refractivity contribution >= 4 is 5.78 Å². The molecule has 1 heterocycles. The van der Waals surface area contributed by atoms with Crippen LogP contribution in [0.25, 0.3) is 0 Å². The van der Waals surface area contributed by atoms with Crippen molar-refractivity contribution in [1.82, 2.24) is 0 Å². The van der Waals surface area contributed by atoms with Gasteiger partial charge in [-0.1, -0.05) is 91.0 Å². The maximum absolute atomic E-state index is 12.9. The Hall–Kier alpha value is -3.05. The van der Waals surface area contributed by atoms with Gasteiger partial charge in [-0.15, -0.1) is 0 Å². The number of Topliss-reactive ketones (excluding diaryl/α,β-unsaturated/α-hetero) is 1. The van der Waals surface area contributed by atoms with Gasteiger partial charge in [-0.2, -0.15) is 0 Å². The first-order chi connectivity index (χ1) is 15.9. The molecule has 0 saturated carbocycles. The highest BCUT2D eigenvalue weighted by molar-refractivity contribution is 6.03. The van der Waals surface area contributed by atoms with E-state index in [4.69, 9.17) is 14.2 Å². The van der Waals surface area contributed by atoms with Crippen molar-refractivity contribution in [3.8, 4) is 0 Å². The van der Waals surface area contributed by atoms with Gasteiger partial charge >= 0.3 is 0 Å². The monoisotopic (exact) mass is 440 g/mol. The van der Waals surface area contributed by atoms with Crippen LogP contribution >= 0.6 is 0 Å². The fourth-order valence-corrected chi connectivity index (χ4v) is 4.94. The van der Waals surface area contributed by atoms with E-state index in [1.54, 1.807) is 0 Å². The third kappa shape index (κ3) is 3.74. The second-order valence-corrected chi connectivity index (χ2v) is 9.06. The molecule has 3 aromatic carbocycles. The van der Waals surface area contributed by atoms with Gasteiger partial charge in [-0.25, -0.2) is 0 Å². The fraction of sp³-hybridized carbons (Fsp3) is 0.276. The predicted molar refractivity (Wildman–Crippen MR) is 127 cm³/mol. The van der Waals surface area contributed by atoms with Crippen LogP contribution in [0.3, 0.4) is 0 Å². The average Bonchev–Trinajstić information content (AvgIpc) is 3.27. The fourth-order valence-electron chi connectivity index (χ4n) is 4.94. The molecule has 2 unspecified atom stereocenters. The minimum Gasteiger partial charge on any atom is -0.356 e. The maximum atomic E-state index is 12.9. The zero-order chi connectivity index (χ0) is 23.1. The Morgan fingerprint density at radius 3 is 1.64 bits per heavy atom. The number of fused-ring (bicyclic) bond motifs is 1. The first-order valence-electron chi connectivity index (χ1n) is 11.3. The highest BCUT2D eigenvalue weighted by atomic mass is 16.8. The number of carbonyl (C=O) groups is 1. The number of hydrogen-bond donors (Lipinski definition) is 0. The minimum absolute atomic E-state index is 0.0195. The van der Waals surface area contributed by atoms with Crippen molar-refractivity contribution in [3.63, 3.8) is 0 Å². The number of hydrogen-bond acceptors (Lipinski definition) is 4. The third-order valence-electron chi connectivity index (χ3n) is 6.53. The summed E-state index contributed by atoms with van der Waals surface area (Å²) in [6.45, 7) is 5.77. The van der Waals surface area contributed by atoms with Gasteiger partial charge in [0, 0.05) is 0 Å². The lowest BCUT2D eigenvalue weighted by Gasteiger charge is -2.36. The molecule has 0 spiro atoms. The summed E-state index contributed by atoms with van der Waals surface area (Å²) < 4.78 is 19.0. The van der Waals surface area contributed by atoms with Crippen LogP contribution in [0.5, 0.6) is 0 Å². The van der Waals surface area contributed by atoms with E-state index in [2.05, 4.69) is 36.4 Å². The molecule has 0 amide bonds. The van der Waals surface area contributed by atoms with Crippen LogP contribution in [0.15, 0.2) is 102 Å². The first kappa shape index (κ1) is 21.8. The zero-order valence-electron chi connectivity index (χ0n) is 19.2. The summed E-state index contributed by atoms with van der Waals surface area (Å²) in [5, 5.41) is 0. The molecule has 3 aromatic rings. The van der Waals surface area contributed by atoms with Crippen molar-refractivity contribution in [1.29, 1.82) is 0 Å². The summed E-state index contributed by atoms with van der Waals surface area (Å²) >= 11 is 0. The largest absolute Gasteiger partial charge is 0.356 e. The Morgan fingerprint density at radius 1 is 0.758 bits per heavy atom. The molecule has 168 valence electrons. The van der Waals surface area contributed by atoms with Gasteiger partial charge in [0.15, 0.2) is 17.7 Å². The van der Waals surface area contributed by atoms with Gasteiger partial charge in [-0.05, 0) is 48.6 Å². The van der Waals surface area contributed by atoms with Gasteiger partial charge in [0.25, 0.3) is 0 Å². The molecule has 33 heavy (non-hydrogen) atoms. The topological polar surface area (TPSA) is 44.8 Å². The Balaban J connectivity index is 1.61. The molecule has 1 aliphatic carbocycles. The summed E-state index contributed by atoms with van der Waals surface area (Å²) in [5.41, 5.74) is 3.72. The molecule has 2 atom stereocenters. The van der Waals surface area contributed by atoms with Gasteiger partial charge in [0.2, 0.25) is 0 Å². The molecule has 5 rings (SSSR count). The Bertz CT molecular complexity index is 1070. The highest BCUT2D eigenvalue weighted by Gasteiger charge is 2.52. The Labute approximate surface area is 194 Å². The number of carbonyl (C=O) groups excluding carboxylic acids is 1. The number of ether oxygens (including phenoxy) is 3. The zero-order valence-corrected chi connectivity index (χ0v) is 19.2. The summed E-state index contributed by atoms with van der Waals surface area (Å²) in [6, 6.07) is 30.7. The van der Waals surface area contributed by atoms with Crippen molar-refractivity contribution in [2.75, 3.05) is 6.61 Å². The average molecular weight is 441 g/mol. The number of benzene rings is 3. The van der Waals surface area contributed by atoms with E-state index in [9.17, 15) is 4.79 Å². The van der Waals surface area contributed by atoms with Crippen molar-refractivity contribution in [3.05, 3.63) is 119 Å².